The fourth-order valence-corrected chi connectivity index (χ4v) is 2.01. The van der Waals surface area contributed by atoms with Gasteiger partial charge in [-0.15, -0.1) is 0 Å². The summed E-state index contributed by atoms with van der Waals surface area (Å²) in [6, 6.07) is 0.403. The molecule has 1 atom stereocenters. The highest BCUT2D eigenvalue weighted by Gasteiger charge is 2.42. The Labute approximate surface area is 95.9 Å². The Balaban J connectivity index is 1.92. The summed E-state index contributed by atoms with van der Waals surface area (Å²) in [7, 11) is 0. The number of hydrogen-bond acceptors (Lipinski definition) is 3. The van der Waals surface area contributed by atoms with Gasteiger partial charge in [-0.2, -0.15) is 0 Å². The van der Waals surface area contributed by atoms with E-state index in [2.05, 4.69) is 0 Å². The van der Waals surface area contributed by atoms with Gasteiger partial charge in [-0.05, 0) is 33.6 Å². The van der Waals surface area contributed by atoms with Gasteiger partial charge in [0.25, 0.3) is 0 Å². The molecular weight excluding hydrogens is 206 g/mol. The lowest BCUT2D eigenvalue weighted by Gasteiger charge is -2.22. The van der Waals surface area contributed by atoms with E-state index in [9.17, 15) is 9.59 Å². The summed E-state index contributed by atoms with van der Waals surface area (Å²) >= 11 is 0. The molecule has 1 amide bonds. The summed E-state index contributed by atoms with van der Waals surface area (Å²) in [6.45, 7) is 6.10. The summed E-state index contributed by atoms with van der Waals surface area (Å²) in [5, 5.41) is 0. The summed E-state index contributed by atoms with van der Waals surface area (Å²) < 4.78 is 5.30. The number of carbonyl (C=O) groups excluding carboxylic acids is 2. The van der Waals surface area contributed by atoms with Gasteiger partial charge >= 0.3 is 5.97 Å². The van der Waals surface area contributed by atoms with E-state index in [4.69, 9.17) is 4.74 Å². The van der Waals surface area contributed by atoms with Crippen molar-refractivity contribution in [2.75, 3.05) is 6.54 Å². The Kier molecular flexibility index (Phi) is 2.68. The molecule has 0 radical (unpaired) electrons. The van der Waals surface area contributed by atoms with Gasteiger partial charge in [0.15, 0.2) is 0 Å². The molecule has 0 spiro atoms. The third kappa shape index (κ3) is 2.54. The van der Waals surface area contributed by atoms with Crippen molar-refractivity contribution in [1.82, 2.24) is 4.90 Å². The Morgan fingerprint density at radius 1 is 1.38 bits per heavy atom. The second kappa shape index (κ2) is 3.75. The standard InChI is InChI=1S/C12H19NO3/c1-12(2,3)16-11(15)8-6-10(14)13(7-8)9-4-5-9/h8-9H,4-7H2,1-3H3. The molecule has 4 heteroatoms. The molecule has 1 aliphatic carbocycles. The number of nitrogens with zero attached hydrogens (tertiary/aromatic N) is 1. The first-order valence-electron chi connectivity index (χ1n) is 5.89. The topological polar surface area (TPSA) is 46.6 Å². The van der Waals surface area contributed by atoms with Crippen molar-refractivity contribution in [1.29, 1.82) is 0 Å². The predicted octanol–water partition coefficient (Wildman–Crippen LogP) is 1.34. The molecule has 0 N–H and O–H groups in total. The first-order chi connectivity index (χ1) is 7.37. The van der Waals surface area contributed by atoms with E-state index >= 15 is 0 Å². The van der Waals surface area contributed by atoms with Crippen molar-refractivity contribution in [3.05, 3.63) is 0 Å². The number of ether oxygens (including phenoxy) is 1. The molecular formula is C12H19NO3. The highest BCUT2D eigenvalue weighted by atomic mass is 16.6. The fraction of sp³-hybridized carbons (Fsp3) is 0.833. The van der Waals surface area contributed by atoms with Crippen molar-refractivity contribution >= 4 is 11.9 Å². The number of amides is 1. The van der Waals surface area contributed by atoms with Crippen LogP contribution in [0.15, 0.2) is 0 Å². The second-order valence-corrected chi connectivity index (χ2v) is 5.71. The molecule has 1 aliphatic heterocycles. The smallest absolute Gasteiger partial charge is 0.311 e. The number of rotatable bonds is 2. The summed E-state index contributed by atoms with van der Waals surface area (Å²) in [5.74, 6) is -0.380. The molecule has 2 rings (SSSR count). The summed E-state index contributed by atoms with van der Waals surface area (Å²) in [5.41, 5.74) is -0.465. The van der Waals surface area contributed by atoms with Gasteiger partial charge in [0.05, 0.1) is 5.92 Å². The van der Waals surface area contributed by atoms with Crippen molar-refractivity contribution in [2.24, 2.45) is 5.92 Å². The molecule has 0 aromatic heterocycles. The highest BCUT2D eigenvalue weighted by Crippen LogP contribution is 2.33. The largest absolute Gasteiger partial charge is 0.460 e. The highest BCUT2D eigenvalue weighted by molar-refractivity contribution is 5.87. The Bertz CT molecular complexity index is 315. The van der Waals surface area contributed by atoms with E-state index in [0.29, 0.717) is 19.0 Å². The average molecular weight is 225 g/mol. The zero-order valence-electron chi connectivity index (χ0n) is 10.2. The van der Waals surface area contributed by atoms with Crippen molar-refractivity contribution in [3.8, 4) is 0 Å². The van der Waals surface area contributed by atoms with Crippen LogP contribution in [0.1, 0.15) is 40.0 Å². The molecule has 0 aromatic carbocycles. The van der Waals surface area contributed by atoms with Gasteiger partial charge in [0.2, 0.25) is 5.91 Å². The van der Waals surface area contributed by atoms with Crippen LogP contribution in [-0.4, -0.2) is 35.0 Å². The minimum atomic E-state index is -0.465. The van der Waals surface area contributed by atoms with Crippen molar-refractivity contribution in [2.45, 2.75) is 51.7 Å². The van der Waals surface area contributed by atoms with Gasteiger partial charge in [-0.3, -0.25) is 9.59 Å². The molecule has 1 saturated heterocycles. The molecule has 16 heavy (non-hydrogen) atoms. The molecule has 1 heterocycles. The van der Waals surface area contributed by atoms with Crippen LogP contribution in [0.5, 0.6) is 0 Å². The molecule has 1 unspecified atom stereocenters. The molecule has 2 aliphatic rings. The Morgan fingerprint density at radius 2 is 2.00 bits per heavy atom. The van der Waals surface area contributed by atoms with E-state index in [1.165, 1.54) is 0 Å². The minimum absolute atomic E-state index is 0.110. The first kappa shape index (κ1) is 11.4. The Morgan fingerprint density at radius 3 is 2.50 bits per heavy atom. The van der Waals surface area contributed by atoms with Gasteiger partial charge in [0, 0.05) is 19.0 Å². The van der Waals surface area contributed by atoms with E-state index in [-0.39, 0.29) is 17.8 Å². The number of esters is 1. The van der Waals surface area contributed by atoms with Crippen LogP contribution in [0, 0.1) is 5.92 Å². The van der Waals surface area contributed by atoms with Gasteiger partial charge in [-0.1, -0.05) is 0 Å². The lowest BCUT2D eigenvalue weighted by atomic mass is 10.1. The van der Waals surface area contributed by atoms with Gasteiger partial charge < -0.3 is 9.64 Å². The van der Waals surface area contributed by atoms with Crippen LogP contribution in [0.2, 0.25) is 0 Å². The van der Waals surface area contributed by atoms with E-state index < -0.39 is 5.60 Å². The van der Waals surface area contributed by atoms with Gasteiger partial charge in [0.1, 0.15) is 5.60 Å². The maximum absolute atomic E-state index is 11.8. The third-order valence-corrected chi connectivity index (χ3v) is 2.89. The van der Waals surface area contributed by atoms with Crippen LogP contribution in [0.25, 0.3) is 0 Å². The minimum Gasteiger partial charge on any atom is -0.460 e. The monoisotopic (exact) mass is 225 g/mol. The van der Waals surface area contributed by atoms with E-state index in [1.807, 2.05) is 25.7 Å². The van der Waals surface area contributed by atoms with Crippen molar-refractivity contribution in [3.63, 3.8) is 0 Å². The van der Waals surface area contributed by atoms with Crippen molar-refractivity contribution < 1.29 is 14.3 Å². The fourth-order valence-electron chi connectivity index (χ4n) is 2.01. The van der Waals surface area contributed by atoms with E-state index in [0.717, 1.165) is 12.8 Å². The van der Waals surface area contributed by atoms with Crippen LogP contribution < -0.4 is 0 Å². The lowest BCUT2D eigenvalue weighted by Crippen LogP contribution is -2.31. The third-order valence-electron chi connectivity index (χ3n) is 2.89. The summed E-state index contributed by atoms with van der Waals surface area (Å²) in [6.07, 6.45) is 2.50. The molecule has 90 valence electrons. The van der Waals surface area contributed by atoms with E-state index in [1.54, 1.807) is 0 Å². The number of hydrogen-bond donors (Lipinski definition) is 0. The predicted molar refractivity (Wildman–Crippen MR) is 58.7 cm³/mol. The maximum Gasteiger partial charge on any atom is 0.311 e. The SMILES string of the molecule is CC(C)(C)OC(=O)C1CC(=O)N(C2CC2)C1. The molecule has 4 nitrogen and oxygen atoms in total. The van der Waals surface area contributed by atoms with Crippen LogP contribution in [-0.2, 0) is 14.3 Å². The summed E-state index contributed by atoms with van der Waals surface area (Å²) in [4.78, 5) is 25.3. The van der Waals surface area contributed by atoms with Crippen LogP contribution >= 0.6 is 0 Å². The quantitative estimate of drug-likeness (QED) is 0.666. The zero-order valence-corrected chi connectivity index (χ0v) is 10.2. The molecule has 1 saturated carbocycles. The maximum atomic E-state index is 11.8. The number of carbonyl (C=O) groups is 2. The number of likely N-dealkylation sites (tertiary alicyclic amines) is 1. The second-order valence-electron chi connectivity index (χ2n) is 5.71. The lowest BCUT2D eigenvalue weighted by molar-refractivity contribution is -0.159. The molecule has 0 aromatic rings. The molecule has 0 bridgehead atoms. The van der Waals surface area contributed by atoms with Gasteiger partial charge in [-0.25, -0.2) is 0 Å². The Hall–Kier alpha value is -1.06. The zero-order chi connectivity index (χ0) is 11.9. The van der Waals surface area contributed by atoms with Crippen LogP contribution in [0.4, 0.5) is 0 Å². The van der Waals surface area contributed by atoms with Crippen LogP contribution in [0.3, 0.4) is 0 Å². The normalized spacial score (nSPS) is 26.1. The first-order valence-corrected chi connectivity index (χ1v) is 5.89. The average Bonchev–Trinajstić information content (AvgIpc) is 2.87. The molecule has 2 fully saturated rings.